The molecule has 0 amide bonds. The monoisotopic (exact) mass is 188 g/mol. The molecule has 12 heavy (non-hydrogen) atoms. The van der Waals surface area contributed by atoms with Crippen molar-refractivity contribution >= 4 is 17.4 Å². The number of halogens is 1. The number of methoxy groups -OCH3 is 1. The Morgan fingerprint density at radius 3 is 2.92 bits per heavy atom. The third-order valence-corrected chi connectivity index (χ3v) is 1.50. The minimum atomic E-state index is -0.612. The molecule has 5 nitrogen and oxygen atoms in total. The zero-order valence-corrected chi connectivity index (χ0v) is 6.91. The van der Waals surface area contributed by atoms with Crippen LogP contribution in [-0.4, -0.2) is 17.0 Å². The fourth-order valence-corrected chi connectivity index (χ4v) is 0.847. The van der Waals surface area contributed by atoms with Crippen molar-refractivity contribution in [3.8, 4) is 5.75 Å². The maximum absolute atomic E-state index is 10.2. The molecule has 1 aromatic rings. The highest BCUT2D eigenvalue weighted by molar-refractivity contribution is 6.31. The zero-order valence-electron chi connectivity index (χ0n) is 6.15. The van der Waals surface area contributed by atoms with E-state index in [0.29, 0.717) is 0 Å². The first-order chi connectivity index (χ1) is 5.65. The predicted molar refractivity (Wildman–Crippen MR) is 42.5 cm³/mol. The van der Waals surface area contributed by atoms with Crippen molar-refractivity contribution in [1.29, 1.82) is 0 Å². The summed E-state index contributed by atoms with van der Waals surface area (Å²) >= 11 is 5.59. The lowest BCUT2D eigenvalue weighted by atomic mass is 10.4. The van der Waals surface area contributed by atoms with Gasteiger partial charge < -0.3 is 14.9 Å². The first kappa shape index (κ1) is 8.73. The van der Waals surface area contributed by atoms with Gasteiger partial charge in [0.05, 0.1) is 13.2 Å². The number of ether oxygens (including phenoxy) is 1. The number of nitrogens with zero attached hydrogens (tertiary/aromatic N) is 2. The van der Waals surface area contributed by atoms with Gasteiger partial charge in [-0.1, -0.05) is 11.6 Å². The Bertz CT molecular complexity index is 316. The zero-order chi connectivity index (χ0) is 9.14. The number of nitro groups is 1. The number of aromatic nitrogens is 1. The van der Waals surface area contributed by atoms with Crippen LogP contribution in [0.4, 0.5) is 5.82 Å². The van der Waals surface area contributed by atoms with E-state index in [9.17, 15) is 10.1 Å². The minimum absolute atomic E-state index is 0.248. The topological polar surface area (TPSA) is 65.3 Å². The van der Waals surface area contributed by atoms with Crippen molar-refractivity contribution in [2.24, 2.45) is 0 Å². The van der Waals surface area contributed by atoms with Gasteiger partial charge in [-0.05, 0) is 9.91 Å². The normalized spacial score (nSPS) is 9.50. The van der Waals surface area contributed by atoms with Gasteiger partial charge in [0.1, 0.15) is 10.8 Å². The molecular weight excluding hydrogens is 184 g/mol. The Labute approximate surface area is 73.1 Å². The fraction of sp³-hybridized carbons (Fsp3) is 0.167. The van der Waals surface area contributed by atoms with E-state index < -0.39 is 4.92 Å². The lowest BCUT2D eigenvalue weighted by molar-refractivity contribution is -0.389. The molecule has 0 aromatic carbocycles. The molecule has 1 heterocycles. The number of hydrogen-bond donors (Lipinski definition) is 0. The average molecular weight is 189 g/mol. The van der Waals surface area contributed by atoms with Crippen LogP contribution in [0.2, 0.25) is 5.02 Å². The third-order valence-electron chi connectivity index (χ3n) is 1.21. The van der Waals surface area contributed by atoms with Crippen LogP contribution in [0.5, 0.6) is 5.75 Å². The van der Waals surface area contributed by atoms with E-state index in [1.54, 1.807) is 0 Å². The van der Waals surface area contributed by atoms with Crippen LogP contribution in [0.1, 0.15) is 0 Å². The van der Waals surface area contributed by atoms with Crippen molar-refractivity contribution in [1.82, 2.24) is 4.98 Å². The van der Waals surface area contributed by atoms with Gasteiger partial charge in [-0.25, -0.2) is 0 Å². The van der Waals surface area contributed by atoms with Crippen molar-refractivity contribution < 1.29 is 9.66 Å². The summed E-state index contributed by atoms with van der Waals surface area (Å²) in [5, 5.41) is 10.5. The SMILES string of the molecule is COc1cc([N+](=O)[O-])ncc1Cl. The van der Waals surface area contributed by atoms with Gasteiger partial charge in [-0.3, -0.25) is 0 Å². The molecule has 0 saturated heterocycles. The summed E-state index contributed by atoms with van der Waals surface area (Å²) < 4.78 is 4.76. The summed E-state index contributed by atoms with van der Waals surface area (Å²) in [6.45, 7) is 0. The maximum Gasteiger partial charge on any atom is 0.367 e. The van der Waals surface area contributed by atoms with Crippen molar-refractivity contribution in [3.63, 3.8) is 0 Å². The minimum Gasteiger partial charge on any atom is -0.495 e. The molecule has 0 spiro atoms. The van der Waals surface area contributed by atoms with E-state index in [4.69, 9.17) is 16.3 Å². The molecule has 0 fully saturated rings. The van der Waals surface area contributed by atoms with E-state index in [1.165, 1.54) is 19.4 Å². The second-order valence-corrected chi connectivity index (χ2v) is 2.34. The van der Waals surface area contributed by atoms with Crippen LogP contribution < -0.4 is 4.74 Å². The molecule has 0 N–H and O–H groups in total. The van der Waals surface area contributed by atoms with E-state index >= 15 is 0 Å². The smallest absolute Gasteiger partial charge is 0.367 e. The highest BCUT2D eigenvalue weighted by atomic mass is 35.5. The molecule has 0 aliphatic rings. The van der Waals surface area contributed by atoms with Crippen LogP contribution in [0, 0.1) is 10.1 Å². The Morgan fingerprint density at radius 2 is 2.42 bits per heavy atom. The number of pyridine rings is 1. The number of rotatable bonds is 2. The molecule has 0 aliphatic carbocycles. The molecule has 0 saturated carbocycles. The van der Waals surface area contributed by atoms with Crippen LogP contribution in [0.3, 0.4) is 0 Å². The highest BCUT2D eigenvalue weighted by Crippen LogP contribution is 2.25. The van der Waals surface area contributed by atoms with E-state index in [-0.39, 0.29) is 16.6 Å². The Hall–Kier alpha value is -1.36. The quantitative estimate of drug-likeness (QED) is 0.523. The summed E-state index contributed by atoms with van der Waals surface area (Å²) in [6, 6.07) is 1.17. The molecule has 0 atom stereocenters. The summed E-state index contributed by atoms with van der Waals surface area (Å²) in [7, 11) is 1.38. The van der Waals surface area contributed by atoms with Crippen LogP contribution in [0.15, 0.2) is 12.3 Å². The van der Waals surface area contributed by atoms with Gasteiger partial charge in [-0.15, -0.1) is 0 Å². The van der Waals surface area contributed by atoms with E-state index in [1.807, 2.05) is 0 Å². The van der Waals surface area contributed by atoms with Gasteiger partial charge in [0, 0.05) is 0 Å². The predicted octanol–water partition coefficient (Wildman–Crippen LogP) is 1.65. The van der Waals surface area contributed by atoms with Gasteiger partial charge in [0.15, 0.2) is 6.20 Å². The molecule has 0 unspecified atom stereocenters. The molecule has 6 heteroatoms. The lowest BCUT2D eigenvalue weighted by Gasteiger charge is -1.99. The van der Waals surface area contributed by atoms with Crippen LogP contribution in [0.25, 0.3) is 0 Å². The van der Waals surface area contributed by atoms with Gasteiger partial charge in [0.2, 0.25) is 0 Å². The Morgan fingerprint density at radius 1 is 1.75 bits per heavy atom. The molecule has 0 bridgehead atoms. The molecule has 64 valence electrons. The number of hydrogen-bond acceptors (Lipinski definition) is 4. The molecule has 0 aliphatic heterocycles. The van der Waals surface area contributed by atoms with Crippen molar-refractivity contribution in [2.45, 2.75) is 0 Å². The van der Waals surface area contributed by atoms with Crippen molar-refractivity contribution in [3.05, 3.63) is 27.4 Å². The second kappa shape index (κ2) is 3.36. The average Bonchev–Trinajstić information content (AvgIpc) is 2.05. The first-order valence-electron chi connectivity index (χ1n) is 2.99. The fourth-order valence-electron chi connectivity index (χ4n) is 0.666. The van der Waals surface area contributed by atoms with E-state index in [2.05, 4.69) is 4.98 Å². The molecule has 1 rings (SSSR count). The second-order valence-electron chi connectivity index (χ2n) is 1.93. The highest BCUT2D eigenvalue weighted by Gasteiger charge is 2.11. The largest absolute Gasteiger partial charge is 0.495 e. The lowest BCUT2D eigenvalue weighted by Crippen LogP contribution is -1.93. The molecular formula is C6H5ClN2O3. The van der Waals surface area contributed by atoms with Gasteiger partial charge in [0.25, 0.3) is 0 Å². The van der Waals surface area contributed by atoms with E-state index in [0.717, 1.165) is 0 Å². The van der Waals surface area contributed by atoms with Gasteiger partial charge >= 0.3 is 5.82 Å². The Kier molecular flexibility index (Phi) is 2.44. The summed E-state index contributed by atoms with van der Waals surface area (Å²) in [6.07, 6.45) is 1.18. The van der Waals surface area contributed by atoms with Crippen LogP contribution in [-0.2, 0) is 0 Å². The maximum atomic E-state index is 10.2. The van der Waals surface area contributed by atoms with Crippen molar-refractivity contribution in [2.75, 3.05) is 7.11 Å². The summed E-state index contributed by atoms with van der Waals surface area (Å²) in [4.78, 5) is 13.1. The van der Waals surface area contributed by atoms with Crippen LogP contribution >= 0.6 is 11.6 Å². The molecule has 0 radical (unpaired) electrons. The first-order valence-corrected chi connectivity index (χ1v) is 3.37. The third kappa shape index (κ3) is 1.62. The Balaban J connectivity index is 3.13. The standard InChI is InChI=1S/C6H5ClN2O3/c1-12-5-2-6(9(10)11)8-3-4(5)7/h2-3H,1H3. The molecule has 1 aromatic heterocycles. The van der Waals surface area contributed by atoms with Gasteiger partial charge in [-0.2, -0.15) is 0 Å². The summed E-state index contributed by atoms with van der Waals surface area (Å²) in [5.41, 5.74) is 0. The summed E-state index contributed by atoms with van der Waals surface area (Å²) in [5.74, 6) is -0.0328.